The quantitative estimate of drug-likeness (QED) is 0.0410. The van der Waals surface area contributed by atoms with E-state index in [9.17, 15) is 50.4 Å². The predicted molar refractivity (Wildman–Crippen MR) is 230 cm³/mol. The van der Waals surface area contributed by atoms with Crippen LogP contribution in [0.5, 0.6) is 0 Å². The van der Waals surface area contributed by atoms with E-state index in [1.807, 2.05) is 0 Å². The van der Waals surface area contributed by atoms with Crippen molar-refractivity contribution in [2.24, 2.45) is 5.73 Å². The molecule has 0 aromatic heterocycles. The van der Waals surface area contributed by atoms with Gasteiger partial charge in [-0.2, -0.15) is 0 Å². The number of alkyl carbamates (subject to hydrolysis) is 1. The average molecular weight is 867 g/mol. The molecule has 0 bridgehead atoms. The van der Waals surface area contributed by atoms with Crippen LogP contribution in [0.25, 0.3) is 11.1 Å². The van der Waals surface area contributed by atoms with Gasteiger partial charge in [0.2, 0.25) is 5.91 Å². The summed E-state index contributed by atoms with van der Waals surface area (Å²) in [5, 5.41) is 106. The van der Waals surface area contributed by atoms with Crippen LogP contribution in [-0.4, -0.2) is 175 Å². The van der Waals surface area contributed by atoms with Gasteiger partial charge in [0, 0.05) is 19.6 Å². The summed E-state index contributed by atoms with van der Waals surface area (Å²) in [5.74, 6) is -0.411. The van der Waals surface area contributed by atoms with Gasteiger partial charge in [-0.1, -0.05) is 74.7 Å². The number of nitrogens with two attached hydrogens (primary N) is 1. The van der Waals surface area contributed by atoms with Crippen molar-refractivity contribution in [3.05, 3.63) is 59.7 Å². The average Bonchev–Trinajstić information content (AvgIpc) is 3.27. The molecule has 2 aromatic rings. The molecule has 2 rings (SSSR count). The zero-order valence-corrected chi connectivity index (χ0v) is 35.7. The molecule has 0 unspecified atom stereocenters. The number of aliphatic hydroxyl groups excluding tert-OH is 10. The third kappa shape index (κ3) is 20.6. The standard InChI is InChI=1S/C44H74N4O13/c1-2-3-4-9-25-61-44(60)47-34(43(59)46-23-10-12-31-16-20-33(21-17-31)32-18-14-30(15-19-32)11-5-7-22-45)13-6-8-24-48(26-35(51)39(55)41(57)37(53)28-49)27-36(52)40(56)42(58)38(54)29-50/h14-21,34-42,49-58H,2-13,22-29,45H2,1H3,(H,46,59)(H,47,60)/t34-,35-,36-,37+,38+,39+,40+,41+,42+/m0/s1. The van der Waals surface area contributed by atoms with Gasteiger partial charge in [0.1, 0.15) is 42.7 Å². The summed E-state index contributed by atoms with van der Waals surface area (Å²) in [4.78, 5) is 27.5. The predicted octanol–water partition coefficient (Wildman–Crippen LogP) is -0.297. The van der Waals surface area contributed by atoms with Gasteiger partial charge in [0.25, 0.3) is 0 Å². The molecule has 0 saturated carbocycles. The molecule has 0 heterocycles. The second-order valence-electron chi connectivity index (χ2n) is 15.8. The second kappa shape index (κ2) is 30.7. The first-order valence-electron chi connectivity index (χ1n) is 21.7. The van der Waals surface area contributed by atoms with Crippen LogP contribution in [0.2, 0.25) is 0 Å². The van der Waals surface area contributed by atoms with E-state index in [2.05, 4.69) is 66.1 Å². The molecule has 0 fully saturated rings. The number of hydrogen-bond donors (Lipinski definition) is 13. The first kappa shape index (κ1) is 53.8. The van der Waals surface area contributed by atoms with Gasteiger partial charge in [-0.15, -0.1) is 0 Å². The molecule has 14 N–H and O–H groups in total. The molecule has 0 radical (unpaired) electrons. The normalized spacial score (nSPS) is 16.2. The summed E-state index contributed by atoms with van der Waals surface area (Å²) in [6.45, 7) is 0.765. The van der Waals surface area contributed by atoms with Crippen molar-refractivity contribution < 1.29 is 65.4 Å². The lowest BCUT2D eigenvalue weighted by Crippen LogP contribution is -2.53. The smallest absolute Gasteiger partial charge is 0.407 e. The molecule has 0 aliphatic carbocycles. The number of carbonyl (C=O) groups excluding carboxylic acids is 2. The molecule has 348 valence electrons. The number of rotatable bonds is 33. The van der Waals surface area contributed by atoms with Crippen LogP contribution in [0.3, 0.4) is 0 Å². The summed E-state index contributed by atoms with van der Waals surface area (Å²) in [6.07, 6.45) is -6.52. The second-order valence-corrected chi connectivity index (χ2v) is 15.8. The molecular formula is C44H74N4O13. The summed E-state index contributed by atoms with van der Waals surface area (Å²) >= 11 is 0. The van der Waals surface area contributed by atoms with Crippen LogP contribution in [0.15, 0.2) is 48.5 Å². The van der Waals surface area contributed by atoms with Gasteiger partial charge in [-0.05, 0) is 93.1 Å². The molecule has 0 aliphatic rings. The topological polar surface area (TPSA) is 299 Å². The Labute approximate surface area is 360 Å². The van der Waals surface area contributed by atoms with Crippen LogP contribution >= 0.6 is 0 Å². The Kier molecular flexibility index (Phi) is 27.1. The maximum absolute atomic E-state index is 13.4. The number of carbonyl (C=O) groups is 2. The maximum atomic E-state index is 13.4. The first-order chi connectivity index (χ1) is 29.3. The van der Waals surface area contributed by atoms with Gasteiger partial charge in [-0.25, -0.2) is 4.79 Å². The Morgan fingerprint density at radius 1 is 0.639 bits per heavy atom. The lowest BCUT2D eigenvalue weighted by Gasteiger charge is -2.33. The zero-order valence-electron chi connectivity index (χ0n) is 35.7. The van der Waals surface area contributed by atoms with E-state index in [1.165, 1.54) is 10.5 Å². The van der Waals surface area contributed by atoms with E-state index in [4.69, 9.17) is 20.7 Å². The van der Waals surface area contributed by atoms with Crippen molar-refractivity contribution in [1.82, 2.24) is 15.5 Å². The van der Waals surface area contributed by atoms with Crippen molar-refractivity contribution in [3.8, 4) is 11.1 Å². The molecule has 9 atom stereocenters. The fraction of sp³-hybridized carbons (Fsp3) is 0.682. The van der Waals surface area contributed by atoms with Gasteiger partial charge >= 0.3 is 6.09 Å². The van der Waals surface area contributed by atoms with Gasteiger partial charge in [-0.3, -0.25) is 9.69 Å². The van der Waals surface area contributed by atoms with E-state index in [0.29, 0.717) is 45.2 Å². The van der Waals surface area contributed by atoms with E-state index in [1.54, 1.807) is 0 Å². The van der Waals surface area contributed by atoms with Gasteiger partial charge in [0.15, 0.2) is 0 Å². The third-order valence-electron chi connectivity index (χ3n) is 10.7. The highest BCUT2D eigenvalue weighted by atomic mass is 16.5. The Hall–Kier alpha value is -3.30. The summed E-state index contributed by atoms with van der Waals surface area (Å²) in [7, 11) is 0. The highest BCUT2D eigenvalue weighted by Crippen LogP contribution is 2.22. The fourth-order valence-electron chi connectivity index (χ4n) is 6.79. The number of nitrogens with one attached hydrogen (secondary N) is 2. The highest BCUT2D eigenvalue weighted by molar-refractivity contribution is 5.85. The Morgan fingerprint density at radius 3 is 1.64 bits per heavy atom. The highest BCUT2D eigenvalue weighted by Gasteiger charge is 2.34. The van der Waals surface area contributed by atoms with Gasteiger partial charge < -0.3 is 72.2 Å². The SMILES string of the molecule is CCCCCCOC(=O)N[C@@H](CCCCN(C[C@H](O)[C@@H](O)[C@H](O)[C@H](O)CO)C[C@H](O)[C@@H](O)[C@H](O)[C@H](O)CO)C(=O)NCCCc1ccc(-c2ccc(CCCCN)cc2)cc1. The van der Waals surface area contributed by atoms with Crippen LogP contribution in [-0.2, 0) is 22.4 Å². The minimum Gasteiger partial charge on any atom is -0.450 e. The van der Waals surface area contributed by atoms with Crippen LogP contribution in [0.1, 0.15) is 82.3 Å². The third-order valence-corrected chi connectivity index (χ3v) is 10.7. The molecule has 17 heteroatoms. The monoisotopic (exact) mass is 867 g/mol. The first-order valence-corrected chi connectivity index (χ1v) is 21.7. The number of aliphatic hydroxyl groups is 10. The van der Waals surface area contributed by atoms with E-state index < -0.39 is 93.2 Å². The summed E-state index contributed by atoms with van der Waals surface area (Å²) < 4.78 is 5.33. The van der Waals surface area contributed by atoms with Crippen molar-refractivity contribution in [2.75, 3.05) is 52.5 Å². The van der Waals surface area contributed by atoms with Crippen molar-refractivity contribution in [2.45, 2.75) is 139 Å². The summed E-state index contributed by atoms with van der Waals surface area (Å²) in [5.41, 5.74) is 10.2. The summed E-state index contributed by atoms with van der Waals surface area (Å²) in [6, 6.07) is 15.9. The molecule has 2 aromatic carbocycles. The van der Waals surface area contributed by atoms with Crippen LogP contribution < -0.4 is 16.4 Å². The number of nitrogens with zero attached hydrogens (tertiary/aromatic N) is 1. The lowest BCUT2D eigenvalue weighted by molar-refractivity contribution is -0.130. The number of amides is 2. The molecule has 17 nitrogen and oxygen atoms in total. The number of hydrogen-bond acceptors (Lipinski definition) is 15. The maximum Gasteiger partial charge on any atom is 0.407 e. The number of ether oxygens (including phenoxy) is 1. The minimum absolute atomic E-state index is 0.0698. The van der Waals surface area contributed by atoms with Crippen molar-refractivity contribution in [3.63, 3.8) is 0 Å². The Bertz CT molecular complexity index is 1430. The van der Waals surface area contributed by atoms with E-state index in [0.717, 1.165) is 55.2 Å². The van der Waals surface area contributed by atoms with Crippen molar-refractivity contribution in [1.29, 1.82) is 0 Å². The fourth-order valence-corrected chi connectivity index (χ4v) is 6.79. The van der Waals surface area contributed by atoms with Gasteiger partial charge in [0.05, 0.1) is 32.0 Å². The number of benzene rings is 2. The molecule has 61 heavy (non-hydrogen) atoms. The van der Waals surface area contributed by atoms with Crippen LogP contribution in [0, 0.1) is 0 Å². The zero-order chi connectivity index (χ0) is 45.2. The molecule has 0 saturated heterocycles. The van der Waals surface area contributed by atoms with E-state index in [-0.39, 0.29) is 19.6 Å². The number of unbranched alkanes of at least 4 members (excludes halogenated alkanes) is 5. The number of aryl methyl sites for hydroxylation is 2. The molecular weight excluding hydrogens is 792 g/mol. The molecule has 0 spiro atoms. The molecule has 0 aliphatic heterocycles. The molecule has 2 amide bonds. The Balaban J connectivity index is 2.03. The largest absolute Gasteiger partial charge is 0.450 e. The lowest BCUT2D eigenvalue weighted by atomic mass is 9.99. The van der Waals surface area contributed by atoms with E-state index >= 15 is 0 Å². The minimum atomic E-state index is -1.92. The Morgan fingerprint density at radius 2 is 1.15 bits per heavy atom. The van der Waals surface area contributed by atoms with Crippen molar-refractivity contribution >= 4 is 12.0 Å². The van der Waals surface area contributed by atoms with Crippen LogP contribution in [0.4, 0.5) is 4.79 Å².